The van der Waals surface area contributed by atoms with Gasteiger partial charge >= 0.3 is 0 Å². The molecule has 0 bridgehead atoms. The minimum Gasteiger partial charge on any atom is -0.381 e. The minimum atomic E-state index is 0.0593. The summed E-state index contributed by atoms with van der Waals surface area (Å²) in [5, 5.41) is 0. The highest BCUT2D eigenvalue weighted by molar-refractivity contribution is 5.05. The quantitative estimate of drug-likeness (QED) is 0.725. The van der Waals surface area contributed by atoms with E-state index in [1.165, 1.54) is 0 Å². The van der Waals surface area contributed by atoms with Gasteiger partial charge in [-0.1, -0.05) is 27.7 Å². The van der Waals surface area contributed by atoms with Crippen LogP contribution in [-0.2, 0) is 11.3 Å². The van der Waals surface area contributed by atoms with Crippen molar-refractivity contribution in [3.63, 3.8) is 0 Å². The van der Waals surface area contributed by atoms with Gasteiger partial charge in [0.05, 0.1) is 12.0 Å². The number of nitrogens with two attached hydrogens (primary N) is 1. The molecule has 4 heteroatoms. The molecule has 4 nitrogen and oxygen atoms in total. The van der Waals surface area contributed by atoms with E-state index in [2.05, 4.69) is 37.2 Å². The summed E-state index contributed by atoms with van der Waals surface area (Å²) in [6.45, 7) is 11.1. The second kappa shape index (κ2) is 7.54. The topological polar surface area (TPSA) is 53.1 Å². The molecule has 0 spiro atoms. The van der Waals surface area contributed by atoms with Crippen molar-refractivity contribution in [2.45, 2.75) is 46.7 Å². The summed E-state index contributed by atoms with van der Waals surface area (Å²) in [4.78, 5) is 4.19. The van der Waals surface area contributed by atoms with Gasteiger partial charge in [0.25, 0.3) is 0 Å². The highest BCUT2D eigenvalue weighted by atomic mass is 16.5. The predicted octanol–water partition coefficient (Wildman–Crippen LogP) is 2.60. The molecule has 1 unspecified atom stereocenters. The van der Waals surface area contributed by atoms with Crippen LogP contribution in [0.2, 0.25) is 0 Å². The Morgan fingerprint density at radius 2 is 2.06 bits per heavy atom. The summed E-state index contributed by atoms with van der Waals surface area (Å²) in [6.07, 6.45) is 4.74. The van der Waals surface area contributed by atoms with Crippen LogP contribution in [-0.4, -0.2) is 22.8 Å². The first-order valence-electron chi connectivity index (χ1n) is 6.85. The molecule has 1 rings (SSSR count). The lowest BCUT2D eigenvalue weighted by atomic mass is 10.0. The van der Waals surface area contributed by atoms with Crippen molar-refractivity contribution in [2.24, 2.45) is 17.6 Å². The summed E-state index contributed by atoms with van der Waals surface area (Å²) in [5.41, 5.74) is 7.28. The molecule has 2 N–H and O–H groups in total. The lowest BCUT2D eigenvalue weighted by Crippen LogP contribution is -2.20. The third kappa shape index (κ3) is 4.78. The van der Waals surface area contributed by atoms with Crippen LogP contribution in [0.5, 0.6) is 0 Å². The van der Waals surface area contributed by atoms with Crippen molar-refractivity contribution < 1.29 is 4.74 Å². The van der Waals surface area contributed by atoms with Gasteiger partial charge in [0.1, 0.15) is 0 Å². The Morgan fingerprint density at radius 3 is 2.67 bits per heavy atom. The lowest BCUT2D eigenvalue weighted by molar-refractivity contribution is 0.105. The Morgan fingerprint density at radius 1 is 1.33 bits per heavy atom. The van der Waals surface area contributed by atoms with Gasteiger partial charge in [-0.3, -0.25) is 0 Å². The summed E-state index contributed by atoms with van der Waals surface area (Å²) in [5.74, 6) is 1.03. The van der Waals surface area contributed by atoms with E-state index in [1.54, 1.807) is 0 Å². The molecule has 1 aromatic rings. The van der Waals surface area contributed by atoms with Crippen LogP contribution >= 0.6 is 0 Å². The van der Waals surface area contributed by atoms with Crippen molar-refractivity contribution in [1.82, 2.24) is 9.55 Å². The van der Waals surface area contributed by atoms with Gasteiger partial charge in [-0.2, -0.15) is 0 Å². The zero-order chi connectivity index (χ0) is 13.5. The van der Waals surface area contributed by atoms with E-state index in [0.29, 0.717) is 11.8 Å². The highest BCUT2D eigenvalue weighted by Crippen LogP contribution is 2.18. The maximum Gasteiger partial charge on any atom is 0.0948 e. The molecule has 0 aliphatic heterocycles. The first-order chi connectivity index (χ1) is 8.52. The van der Waals surface area contributed by atoms with Gasteiger partial charge in [0.2, 0.25) is 0 Å². The van der Waals surface area contributed by atoms with E-state index >= 15 is 0 Å². The van der Waals surface area contributed by atoms with Gasteiger partial charge < -0.3 is 15.0 Å². The molecule has 0 radical (unpaired) electrons. The van der Waals surface area contributed by atoms with Crippen LogP contribution < -0.4 is 5.73 Å². The molecule has 1 heterocycles. The smallest absolute Gasteiger partial charge is 0.0948 e. The van der Waals surface area contributed by atoms with Crippen molar-refractivity contribution in [1.29, 1.82) is 0 Å². The van der Waals surface area contributed by atoms with Crippen LogP contribution in [0.4, 0.5) is 0 Å². The van der Waals surface area contributed by atoms with Crippen molar-refractivity contribution in [3.8, 4) is 0 Å². The Bertz CT molecular complexity index is 334. The molecule has 1 aromatic heterocycles. The zero-order valence-corrected chi connectivity index (χ0v) is 12.1. The number of rotatable bonds is 8. The van der Waals surface area contributed by atoms with E-state index in [-0.39, 0.29) is 6.04 Å². The third-order valence-corrected chi connectivity index (χ3v) is 2.94. The average molecular weight is 253 g/mol. The Balaban J connectivity index is 2.36. The number of nitrogens with zero attached hydrogens (tertiary/aromatic N) is 2. The maximum atomic E-state index is 6.16. The molecule has 18 heavy (non-hydrogen) atoms. The van der Waals surface area contributed by atoms with E-state index in [4.69, 9.17) is 10.5 Å². The molecule has 0 saturated carbocycles. The number of ether oxygens (including phenoxy) is 1. The zero-order valence-electron chi connectivity index (χ0n) is 12.1. The van der Waals surface area contributed by atoms with Crippen LogP contribution in [0.25, 0.3) is 0 Å². The molecule has 0 aromatic carbocycles. The van der Waals surface area contributed by atoms with Crippen molar-refractivity contribution in [2.75, 3.05) is 13.2 Å². The van der Waals surface area contributed by atoms with E-state index in [9.17, 15) is 0 Å². The minimum absolute atomic E-state index is 0.0593. The Labute approximate surface area is 111 Å². The van der Waals surface area contributed by atoms with Gasteiger partial charge in [-0.25, -0.2) is 4.98 Å². The highest BCUT2D eigenvalue weighted by Gasteiger charge is 2.14. The molecular formula is C14H27N3O. The number of aromatic nitrogens is 2. The van der Waals surface area contributed by atoms with E-state index in [1.807, 2.05) is 12.5 Å². The molecule has 0 fully saturated rings. The fourth-order valence-corrected chi connectivity index (χ4v) is 1.79. The summed E-state index contributed by atoms with van der Waals surface area (Å²) in [7, 11) is 0. The molecule has 0 aliphatic carbocycles. The average Bonchev–Trinajstić information content (AvgIpc) is 2.75. The van der Waals surface area contributed by atoms with Crippen LogP contribution in [0, 0.1) is 11.8 Å². The number of hydrogen-bond donors (Lipinski definition) is 1. The second-order valence-corrected chi connectivity index (χ2v) is 5.60. The van der Waals surface area contributed by atoms with Crippen LogP contribution in [0.1, 0.15) is 45.9 Å². The van der Waals surface area contributed by atoms with Crippen LogP contribution in [0.3, 0.4) is 0 Å². The number of hydrogen-bond acceptors (Lipinski definition) is 3. The standard InChI is InChI=1S/C14H27N3O/c1-11(2)9-18-7-5-6-17-10-16-8-13(17)14(15)12(3)4/h8,10-12,14H,5-7,9,15H2,1-4H3. The molecule has 0 saturated heterocycles. The van der Waals surface area contributed by atoms with Gasteiger partial charge in [-0.15, -0.1) is 0 Å². The van der Waals surface area contributed by atoms with Crippen molar-refractivity contribution in [3.05, 3.63) is 18.2 Å². The molecule has 0 amide bonds. The molecule has 104 valence electrons. The van der Waals surface area contributed by atoms with E-state index in [0.717, 1.165) is 31.9 Å². The van der Waals surface area contributed by atoms with Crippen LogP contribution in [0.15, 0.2) is 12.5 Å². The summed E-state index contributed by atoms with van der Waals surface area (Å²) >= 11 is 0. The summed E-state index contributed by atoms with van der Waals surface area (Å²) in [6, 6.07) is 0.0593. The van der Waals surface area contributed by atoms with Gasteiger partial charge in [-0.05, 0) is 18.3 Å². The fourth-order valence-electron chi connectivity index (χ4n) is 1.79. The maximum absolute atomic E-state index is 6.16. The first-order valence-corrected chi connectivity index (χ1v) is 6.85. The van der Waals surface area contributed by atoms with Gasteiger partial charge in [0, 0.05) is 32.0 Å². The second-order valence-electron chi connectivity index (χ2n) is 5.60. The lowest BCUT2D eigenvalue weighted by Gasteiger charge is -2.17. The van der Waals surface area contributed by atoms with Crippen molar-refractivity contribution >= 4 is 0 Å². The summed E-state index contributed by atoms with van der Waals surface area (Å²) < 4.78 is 7.72. The monoisotopic (exact) mass is 253 g/mol. The molecular weight excluding hydrogens is 226 g/mol. The number of imidazole rings is 1. The van der Waals surface area contributed by atoms with E-state index < -0.39 is 0 Å². The Kier molecular flexibility index (Phi) is 6.36. The largest absolute Gasteiger partial charge is 0.381 e. The SMILES string of the molecule is CC(C)COCCCn1cncc1C(N)C(C)C. The molecule has 1 atom stereocenters. The number of aryl methyl sites for hydroxylation is 1. The fraction of sp³-hybridized carbons (Fsp3) is 0.786. The first kappa shape index (κ1) is 15.2. The Hall–Kier alpha value is -0.870. The predicted molar refractivity (Wildman–Crippen MR) is 74.3 cm³/mol. The normalized spacial score (nSPS) is 13.5. The molecule has 0 aliphatic rings. The van der Waals surface area contributed by atoms with Gasteiger partial charge in [0.15, 0.2) is 0 Å². The third-order valence-electron chi connectivity index (χ3n) is 2.94.